The molecule has 2 unspecified atom stereocenters. The number of nitrogens with one attached hydrogen (secondary N) is 1. The van der Waals surface area contributed by atoms with Gasteiger partial charge in [0.05, 0.1) is 44.5 Å². The number of rotatable bonds is 15. The lowest BCUT2D eigenvalue weighted by atomic mass is 9.91. The van der Waals surface area contributed by atoms with Crippen molar-refractivity contribution in [2.24, 2.45) is 10.3 Å². The molecule has 2 atom stereocenters. The average Bonchev–Trinajstić information content (AvgIpc) is 1.60. The second-order valence-electron chi connectivity index (χ2n) is 31.1. The lowest BCUT2D eigenvalue weighted by Crippen LogP contribution is -2.30. The summed E-state index contributed by atoms with van der Waals surface area (Å²) in [4.78, 5) is 2.09. The summed E-state index contributed by atoms with van der Waals surface area (Å²) < 4.78 is 40.8. The first-order chi connectivity index (χ1) is 58.1. The van der Waals surface area contributed by atoms with Crippen molar-refractivity contribution >= 4 is 112 Å². The van der Waals surface area contributed by atoms with E-state index < -0.39 is 5.67 Å². The number of aromatic nitrogens is 3. The van der Waals surface area contributed by atoms with E-state index in [-0.39, 0.29) is 17.4 Å². The summed E-state index contributed by atoms with van der Waals surface area (Å²) in [6.45, 7) is 0. The first-order valence-electron chi connectivity index (χ1n) is 40.0. The van der Waals surface area contributed by atoms with Gasteiger partial charge < -0.3 is 18.6 Å². The normalized spacial score (nSPS) is 15.5. The van der Waals surface area contributed by atoms with Crippen LogP contribution in [-0.2, 0) is 0 Å². The van der Waals surface area contributed by atoms with Gasteiger partial charge >= 0.3 is 0 Å². The Bertz CT molecular complexity index is 7120. The Labute approximate surface area is 686 Å². The molecule has 22 rings (SSSR count). The number of benzene rings is 16. The molecule has 6 nitrogen and oxygen atoms in total. The molecule has 1 N–H and O–H groups in total. The van der Waals surface area contributed by atoms with Crippen LogP contribution in [0.1, 0.15) is 17.5 Å². The number of thiol groups is 1. The van der Waals surface area contributed by atoms with Gasteiger partial charge in [-0.1, -0.05) is 267 Å². The number of hydrogen-bond acceptors (Lipinski definition) is 4. The highest BCUT2D eigenvalue weighted by Crippen LogP contribution is 2.54. The van der Waals surface area contributed by atoms with E-state index in [1.165, 1.54) is 67.0 Å². The topological polar surface area (TPSA) is 54.2 Å². The number of allylic oxidation sites excluding steroid dienone is 8. The zero-order valence-corrected chi connectivity index (χ0v) is 64.8. The van der Waals surface area contributed by atoms with Crippen molar-refractivity contribution in [2.45, 2.75) is 12.1 Å². The van der Waals surface area contributed by atoms with Crippen molar-refractivity contribution in [3.63, 3.8) is 0 Å². The molecular formula is C109H72F2N6S. The molecule has 3 aliphatic carbocycles. The first-order valence-corrected chi connectivity index (χ1v) is 40.4. The molecule has 0 radical (unpaired) electrons. The van der Waals surface area contributed by atoms with Gasteiger partial charge in [-0.15, -0.1) is 0 Å². The third-order valence-corrected chi connectivity index (χ3v) is 24.5. The predicted octanol–water partition coefficient (Wildman–Crippen LogP) is 28.9. The minimum absolute atomic E-state index is 0.0982. The Kier molecular flexibility index (Phi) is 16.8. The molecule has 3 aromatic heterocycles. The van der Waals surface area contributed by atoms with Gasteiger partial charge in [-0.3, -0.25) is 5.41 Å². The van der Waals surface area contributed by atoms with Crippen LogP contribution in [0.25, 0.3) is 172 Å². The third kappa shape index (κ3) is 12.2. The summed E-state index contributed by atoms with van der Waals surface area (Å²) in [5.74, 6) is -0.392. The van der Waals surface area contributed by atoms with Gasteiger partial charge in [0.25, 0.3) is 0 Å². The number of fused-ring (bicyclic) bond motifs is 10. The third-order valence-electron chi connectivity index (χ3n) is 24.3. The fourth-order valence-corrected chi connectivity index (χ4v) is 18.2. The Morgan fingerprint density at radius 3 is 1.12 bits per heavy atom. The first kappa shape index (κ1) is 69.9. The molecule has 9 heteroatoms. The van der Waals surface area contributed by atoms with E-state index in [0.717, 1.165) is 134 Å². The number of para-hydroxylation sites is 2. The molecule has 0 aliphatic heterocycles. The lowest BCUT2D eigenvalue weighted by Gasteiger charge is -2.31. The second-order valence-corrected chi connectivity index (χ2v) is 31.3. The van der Waals surface area contributed by atoms with E-state index >= 15 is 0 Å². The van der Waals surface area contributed by atoms with Crippen molar-refractivity contribution in [1.82, 2.24) is 13.7 Å². The minimum atomic E-state index is -1.22. The van der Waals surface area contributed by atoms with Crippen LogP contribution >= 0.6 is 12.8 Å². The average molecular weight is 1540 g/mol. The Balaban J connectivity index is 0.615. The SMILES string of the molecule is N=C1C(c2ccc(-n3c4ccc(-c5ccc(-c6ccc7c8ccccc8n(-c8ccc(-c9ccccc9)cc8)c7c6)cc5)cc4c4cc(-c5ccc(-c6ccc7c8ccccc8n(-c8ccc(-c9ccccc9)cc8)c7c6)cc5)ccc43)cc2)=CC=C(N(c2ccc(C3=CC4CC4(F)C=C3)cc2)c2ccc(-c3ccc(F)cc3)cc2)/C1=N/S. The fourth-order valence-electron chi connectivity index (χ4n) is 18.0. The van der Waals surface area contributed by atoms with E-state index in [1.54, 1.807) is 18.2 Å². The van der Waals surface area contributed by atoms with Crippen LogP contribution in [0, 0.1) is 17.1 Å². The molecule has 0 amide bonds. The largest absolute Gasteiger partial charge is 0.309 e. The Morgan fingerprint density at radius 2 is 0.669 bits per heavy atom. The van der Waals surface area contributed by atoms with Gasteiger partial charge in [-0.2, -0.15) is 0 Å². The molecule has 0 bridgehead atoms. The van der Waals surface area contributed by atoms with E-state index in [2.05, 4.69) is 363 Å². The van der Waals surface area contributed by atoms with Crippen LogP contribution in [0.5, 0.6) is 0 Å². The van der Waals surface area contributed by atoms with Gasteiger partial charge in [-0.05, 0) is 253 Å². The fraction of sp³-hybridized carbons (Fsp3) is 0.0275. The van der Waals surface area contributed by atoms with E-state index in [1.807, 2.05) is 48.6 Å². The lowest BCUT2D eigenvalue weighted by molar-refractivity contribution is 0.362. The van der Waals surface area contributed by atoms with Crippen LogP contribution in [0.3, 0.4) is 0 Å². The molecule has 19 aromatic rings. The van der Waals surface area contributed by atoms with Crippen molar-refractivity contribution in [3.05, 3.63) is 429 Å². The number of alkyl halides is 1. The van der Waals surface area contributed by atoms with E-state index in [9.17, 15) is 14.2 Å². The summed E-state index contributed by atoms with van der Waals surface area (Å²) in [7, 11) is 0. The van der Waals surface area contributed by atoms with Crippen LogP contribution < -0.4 is 4.90 Å². The predicted molar refractivity (Wildman–Crippen MR) is 492 cm³/mol. The molecule has 118 heavy (non-hydrogen) atoms. The highest BCUT2D eigenvalue weighted by molar-refractivity contribution is 7.79. The summed E-state index contributed by atoms with van der Waals surface area (Å²) in [5.41, 5.74) is 30.8. The molecule has 3 heterocycles. The zero-order valence-electron chi connectivity index (χ0n) is 63.9. The molecule has 1 saturated carbocycles. The summed E-state index contributed by atoms with van der Waals surface area (Å²) in [5, 5.41) is 17.1. The Hall–Kier alpha value is -14.8. The number of anilines is 2. The number of nitrogens with zero attached hydrogens (tertiary/aromatic N) is 5. The van der Waals surface area contributed by atoms with Crippen LogP contribution in [0.4, 0.5) is 20.2 Å². The van der Waals surface area contributed by atoms with E-state index in [4.69, 9.17) is 0 Å². The van der Waals surface area contributed by atoms with Crippen molar-refractivity contribution < 1.29 is 8.78 Å². The molecule has 558 valence electrons. The van der Waals surface area contributed by atoms with E-state index in [0.29, 0.717) is 23.4 Å². The van der Waals surface area contributed by atoms with Crippen LogP contribution in [0.15, 0.2) is 417 Å². The monoisotopic (exact) mass is 1530 g/mol. The maximum atomic E-state index is 15.0. The molecule has 0 spiro atoms. The summed E-state index contributed by atoms with van der Waals surface area (Å²) in [6.07, 6.45) is 10.2. The minimum Gasteiger partial charge on any atom is -0.309 e. The highest BCUT2D eigenvalue weighted by Gasteiger charge is 2.53. The van der Waals surface area contributed by atoms with Crippen molar-refractivity contribution in [3.8, 4) is 95.0 Å². The number of hydrogen-bond donors (Lipinski definition) is 2. The smallest absolute Gasteiger partial charge is 0.136 e. The highest BCUT2D eigenvalue weighted by atomic mass is 32.1. The number of halogens is 2. The maximum absolute atomic E-state index is 15.0. The van der Waals surface area contributed by atoms with Gasteiger partial charge in [0.1, 0.15) is 17.2 Å². The molecule has 16 aromatic carbocycles. The second kappa shape index (κ2) is 28.4. The Morgan fingerprint density at radius 1 is 0.331 bits per heavy atom. The van der Waals surface area contributed by atoms with Crippen molar-refractivity contribution in [1.29, 1.82) is 5.41 Å². The summed E-state index contributed by atoms with van der Waals surface area (Å²) >= 11 is 4.61. The molecule has 3 aliphatic rings. The van der Waals surface area contributed by atoms with Gasteiger partial charge in [0, 0.05) is 72.2 Å². The standard InChI is InChI=1S/C109H72F2N6S/c110-87-43-27-71(28-44-87)74-29-45-88(46-30-74)114(89-47-35-79(36-48-89)85-61-62-109(111)68-86(109)63-85)104-60-57-93(107(112)108(104)113-118)80-37-53-90(54-38-80)115-102-58-41-81(75-19-23-77(24-20-75)83-39-55-96-94-15-7-9-17-100(94)116(105(96)66-83)91-49-31-72(32-50-91)69-11-3-1-4-12-69)64-98(102)99-65-82(42-59-103(99)115)76-21-25-78(26-22-76)84-40-56-97-95-16-8-10-18-101(95)117(106(97)67-84)92-51-33-73(34-52-92)70-13-5-2-6-14-70/h1-67,86,112,118H,68H2/b112-107?,113-108-. The van der Waals surface area contributed by atoms with Gasteiger partial charge in [0.2, 0.25) is 0 Å². The van der Waals surface area contributed by atoms with Gasteiger partial charge in [-0.25, -0.2) is 13.2 Å². The van der Waals surface area contributed by atoms with Crippen LogP contribution in [0.2, 0.25) is 0 Å². The molecule has 0 saturated heterocycles. The van der Waals surface area contributed by atoms with Crippen LogP contribution in [-0.4, -0.2) is 30.8 Å². The molecule has 1 fully saturated rings. The van der Waals surface area contributed by atoms with Gasteiger partial charge in [0.15, 0.2) is 0 Å². The quantitative estimate of drug-likeness (QED) is 0.0780. The summed E-state index contributed by atoms with van der Waals surface area (Å²) in [6, 6.07) is 133. The zero-order chi connectivity index (χ0) is 78.7. The molecular weight excluding hydrogens is 1460 g/mol. The maximum Gasteiger partial charge on any atom is 0.136 e. The van der Waals surface area contributed by atoms with Crippen molar-refractivity contribution in [2.75, 3.05) is 4.90 Å².